The molecule has 0 saturated carbocycles. The van der Waals surface area contributed by atoms with Gasteiger partial charge in [-0.1, -0.05) is 13.8 Å². The number of urea groups is 1. The predicted octanol–water partition coefficient (Wildman–Crippen LogP) is -0.853. The maximum absolute atomic E-state index is 12.2. The molecular formula is C11H23N3O4. The van der Waals surface area contributed by atoms with Crippen molar-refractivity contribution in [2.75, 3.05) is 33.4 Å². The molecule has 0 radical (unpaired) electrons. The second-order valence-corrected chi connectivity index (χ2v) is 4.27. The van der Waals surface area contributed by atoms with Crippen LogP contribution in [0.4, 0.5) is 4.79 Å². The lowest BCUT2D eigenvalue weighted by atomic mass is 10.0. The molecule has 0 heterocycles. The molecule has 18 heavy (non-hydrogen) atoms. The molecule has 7 nitrogen and oxygen atoms in total. The molecule has 7 heteroatoms. The number of rotatable bonds is 8. The number of hydrogen-bond donors (Lipinski definition) is 3. The van der Waals surface area contributed by atoms with Crippen LogP contribution in [0, 0.1) is 5.92 Å². The van der Waals surface area contributed by atoms with E-state index >= 15 is 0 Å². The van der Waals surface area contributed by atoms with E-state index in [9.17, 15) is 9.59 Å². The Morgan fingerprint density at radius 3 is 2.39 bits per heavy atom. The summed E-state index contributed by atoms with van der Waals surface area (Å²) in [7, 11) is 1.53. The number of aliphatic hydroxyl groups excluding tert-OH is 1. The number of aliphatic hydroxyl groups is 1. The summed E-state index contributed by atoms with van der Waals surface area (Å²) in [5.41, 5.74) is 5.05. The molecule has 0 spiro atoms. The first-order valence-electron chi connectivity index (χ1n) is 5.88. The second-order valence-electron chi connectivity index (χ2n) is 4.27. The van der Waals surface area contributed by atoms with Crippen LogP contribution in [0.15, 0.2) is 0 Å². The zero-order valence-corrected chi connectivity index (χ0v) is 11.2. The van der Waals surface area contributed by atoms with Gasteiger partial charge in [0, 0.05) is 20.2 Å². The van der Waals surface area contributed by atoms with Crippen LogP contribution in [0.5, 0.6) is 0 Å². The molecular weight excluding hydrogens is 238 g/mol. The molecule has 4 N–H and O–H groups in total. The Morgan fingerprint density at radius 1 is 1.39 bits per heavy atom. The quantitative estimate of drug-likeness (QED) is 0.529. The van der Waals surface area contributed by atoms with Crippen molar-refractivity contribution in [3.8, 4) is 0 Å². The first-order chi connectivity index (χ1) is 8.43. The van der Waals surface area contributed by atoms with Crippen LogP contribution in [-0.2, 0) is 9.53 Å². The van der Waals surface area contributed by atoms with E-state index in [-0.39, 0.29) is 25.0 Å². The van der Waals surface area contributed by atoms with Crippen LogP contribution >= 0.6 is 0 Å². The van der Waals surface area contributed by atoms with Crippen molar-refractivity contribution in [3.63, 3.8) is 0 Å². The van der Waals surface area contributed by atoms with Gasteiger partial charge >= 0.3 is 6.03 Å². The van der Waals surface area contributed by atoms with E-state index in [0.717, 1.165) is 0 Å². The van der Waals surface area contributed by atoms with Crippen LogP contribution in [0.2, 0.25) is 0 Å². The standard InChI is InChI=1S/C11H23N3O4/c1-8(2)9(13-11(12)17)10(16)14(4-6-15)5-7-18-3/h8-9,15H,4-7H2,1-3H3,(H3,12,13,17). The molecule has 0 fully saturated rings. The first kappa shape index (κ1) is 16.7. The number of nitrogens with two attached hydrogens (primary N) is 1. The van der Waals surface area contributed by atoms with Crippen molar-refractivity contribution in [2.45, 2.75) is 19.9 Å². The molecule has 0 rings (SSSR count). The summed E-state index contributed by atoms with van der Waals surface area (Å²) < 4.78 is 4.90. The van der Waals surface area contributed by atoms with Crippen LogP contribution in [0.3, 0.4) is 0 Å². The molecule has 0 bridgehead atoms. The average Bonchev–Trinajstić information content (AvgIpc) is 2.30. The van der Waals surface area contributed by atoms with Gasteiger partial charge in [0.2, 0.25) is 5.91 Å². The van der Waals surface area contributed by atoms with Gasteiger partial charge in [0.25, 0.3) is 0 Å². The molecule has 0 aromatic rings. The molecule has 3 amide bonds. The van der Waals surface area contributed by atoms with Crippen LogP contribution < -0.4 is 11.1 Å². The normalized spacial score (nSPS) is 12.3. The molecule has 1 unspecified atom stereocenters. The van der Waals surface area contributed by atoms with Gasteiger partial charge < -0.3 is 25.8 Å². The highest BCUT2D eigenvalue weighted by atomic mass is 16.5. The summed E-state index contributed by atoms with van der Waals surface area (Å²) in [6.45, 7) is 4.41. The zero-order chi connectivity index (χ0) is 14.1. The van der Waals surface area contributed by atoms with Gasteiger partial charge in [0.15, 0.2) is 0 Å². The first-order valence-corrected chi connectivity index (χ1v) is 5.88. The summed E-state index contributed by atoms with van der Waals surface area (Å²) in [4.78, 5) is 24.5. The Morgan fingerprint density at radius 2 is 2.00 bits per heavy atom. The molecule has 0 saturated heterocycles. The largest absolute Gasteiger partial charge is 0.395 e. The monoisotopic (exact) mass is 261 g/mol. The SMILES string of the molecule is COCCN(CCO)C(=O)C(NC(N)=O)C(C)C. The maximum Gasteiger partial charge on any atom is 0.312 e. The van der Waals surface area contributed by atoms with Crippen LogP contribution in [0.25, 0.3) is 0 Å². The van der Waals surface area contributed by atoms with Gasteiger partial charge in [-0.3, -0.25) is 4.79 Å². The minimum absolute atomic E-state index is 0.0891. The summed E-state index contributed by atoms with van der Waals surface area (Å²) in [5.74, 6) is -0.358. The molecule has 1 atom stereocenters. The number of hydrogen-bond acceptors (Lipinski definition) is 4. The Hall–Kier alpha value is -1.34. The lowest BCUT2D eigenvalue weighted by molar-refractivity contribution is -0.135. The van der Waals surface area contributed by atoms with Gasteiger partial charge in [-0.05, 0) is 5.92 Å². The number of ether oxygens (including phenoxy) is 1. The molecule has 0 aliphatic rings. The molecule has 0 aliphatic carbocycles. The number of carbonyl (C=O) groups excluding carboxylic acids is 2. The smallest absolute Gasteiger partial charge is 0.312 e. The molecule has 0 aromatic carbocycles. The van der Waals surface area contributed by atoms with E-state index in [1.807, 2.05) is 13.8 Å². The molecule has 0 aliphatic heterocycles. The third-order valence-electron chi connectivity index (χ3n) is 2.48. The molecule has 106 valence electrons. The summed E-state index contributed by atoms with van der Waals surface area (Å²) >= 11 is 0. The van der Waals surface area contributed by atoms with Crippen molar-refractivity contribution < 1.29 is 19.4 Å². The number of primary amides is 1. The van der Waals surface area contributed by atoms with E-state index in [4.69, 9.17) is 15.6 Å². The van der Waals surface area contributed by atoms with Crippen molar-refractivity contribution in [1.29, 1.82) is 0 Å². The highest BCUT2D eigenvalue weighted by molar-refractivity contribution is 5.86. The highest BCUT2D eigenvalue weighted by Gasteiger charge is 2.27. The fourth-order valence-corrected chi connectivity index (χ4v) is 1.52. The topological polar surface area (TPSA) is 105 Å². The van der Waals surface area contributed by atoms with Gasteiger partial charge in [-0.25, -0.2) is 4.79 Å². The lowest BCUT2D eigenvalue weighted by Gasteiger charge is -2.28. The maximum atomic E-state index is 12.2. The van der Waals surface area contributed by atoms with Gasteiger partial charge in [-0.15, -0.1) is 0 Å². The fraction of sp³-hybridized carbons (Fsp3) is 0.818. The Labute approximate surface area is 107 Å². The van der Waals surface area contributed by atoms with Crippen LogP contribution in [0.1, 0.15) is 13.8 Å². The minimum Gasteiger partial charge on any atom is -0.395 e. The third kappa shape index (κ3) is 5.83. The average molecular weight is 261 g/mol. The number of nitrogens with zero attached hydrogens (tertiary/aromatic N) is 1. The third-order valence-corrected chi connectivity index (χ3v) is 2.48. The number of nitrogens with one attached hydrogen (secondary N) is 1. The lowest BCUT2D eigenvalue weighted by Crippen LogP contribution is -2.53. The van der Waals surface area contributed by atoms with Gasteiger partial charge in [0.1, 0.15) is 6.04 Å². The fourth-order valence-electron chi connectivity index (χ4n) is 1.52. The van der Waals surface area contributed by atoms with E-state index in [2.05, 4.69) is 5.32 Å². The second kappa shape index (κ2) is 8.71. The van der Waals surface area contributed by atoms with Crippen molar-refractivity contribution in [3.05, 3.63) is 0 Å². The van der Waals surface area contributed by atoms with E-state index in [1.165, 1.54) is 12.0 Å². The van der Waals surface area contributed by atoms with Gasteiger partial charge in [0.05, 0.1) is 13.2 Å². The van der Waals surface area contributed by atoms with E-state index in [1.54, 1.807) is 0 Å². The van der Waals surface area contributed by atoms with Crippen molar-refractivity contribution in [2.24, 2.45) is 11.7 Å². The van der Waals surface area contributed by atoms with Crippen LogP contribution in [-0.4, -0.2) is 61.4 Å². The van der Waals surface area contributed by atoms with Crippen molar-refractivity contribution >= 4 is 11.9 Å². The zero-order valence-electron chi connectivity index (χ0n) is 11.2. The predicted molar refractivity (Wildman–Crippen MR) is 66.9 cm³/mol. The molecule has 0 aromatic heterocycles. The number of amides is 3. The minimum atomic E-state index is -0.738. The van der Waals surface area contributed by atoms with E-state index in [0.29, 0.717) is 13.2 Å². The Bertz CT molecular complexity index is 271. The summed E-state index contributed by atoms with van der Waals surface area (Å²) in [6.07, 6.45) is 0. The van der Waals surface area contributed by atoms with E-state index < -0.39 is 12.1 Å². The summed E-state index contributed by atoms with van der Waals surface area (Å²) in [6, 6.07) is -1.43. The van der Waals surface area contributed by atoms with Crippen molar-refractivity contribution in [1.82, 2.24) is 10.2 Å². The number of carbonyl (C=O) groups is 2. The Kier molecular flexibility index (Phi) is 8.06. The summed E-state index contributed by atoms with van der Waals surface area (Å²) in [5, 5.41) is 11.4. The Balaban J connectivity index is 4.70. The van der Waals surface area contributed by atoms with Gasteiger partial charge in [-0.2, -0.15) is 0 Å². The number of methoxy groups -OCH3 is 1. The highest BCUT2D eigenvalue weighted by Crippen LogP contribution is 2.06.